The number of carbonyl (C=O) groups is 1. The molecular weight excluding hydrogens is 336 g/mol. The van der Waals surface area contributed by atoms with Crippen LogP contribution in [0.3, 0.4) is 0 Å². The lowest BCUT2D eigenvalue weighted by Gasteiger charge is -2.32. The maximum Gasteiger partial charge on any atom is 0.223 e. The quantitative estimate of drug-likeness (QED) is 0.887. The van der Waals surface area contributed by atoms with Crippen molar-refractivity contribution in [3.8, 4) is 0 Å². The zero-order chi connectivity index (χ0) is 17.6. The molecule has 1 atom stereocenters. The molecule has 1 fully saturated rings. The molecule has 0 radical (unpaired) electrons. The molecule has 3 rings (SSSR count). The molecule has 1 N–H and O–H groups in total. The molecule has 1 saturated heterocycles. The van der Waals surface area contributed by atoms with E-state index in [1.165, 1.54) is 0 Å². The predicted octanol–water partition coefficient (Wildman–Crippen LogP) is 3.61. The Kier molecular flexibility index (Phi) is 5.87. The van der Waals surface area contributed by atoms with E-state index >= 15 is 0 Å². The minimum Gasteiger partial charge on any atom is -0.355 e. The Bertz CT molecular complexity index is 684. The van der Waals surface area contributed by atoms with Crippen LogP contribution < -0.4 is 10.2 Å². The van der Waals surface area contributed by atoms with Crippen LogP contribution in [0, 0.1) is 5.92 Å². The van der Waals surface area contributed by atoms with Gasteiger partial charge in [-0.25, -0.2) is 4.98 Å². The van der Waals surface area contributed by atoms with Gasteiger partial charge >= 0.3 is 0 Å². The van der Waals surface area contributed by atoms with E-state index in [0.29, 0.717) is 5.02 Å². The van der Waals surface area contributed by atoms with Gasteiger partial charge in [-0.15, -0.1) is 0 Å². The van der Waals surface area contributed by atoms with Crippen LogP contribution in [0.15, 0.2) is 42.9 Å². The first-order chi connectivity index (χ1) is 12.2. The van der Waals surface area contributed by atoms with E-state index in [0.717, 1.165) is 43.7 Å². The van der Waals surface area contributed by atoms with Crippen LogP contribution in [0.1, 0.15) is 37.8 Å². The number of hydrogen-bond acceptors (Lipinski definition) is 4. The Hall–Kier alpha value is -2.14. The summed E-state index contributed by atoms with van der Waals surface area (Å²) < 4.78 is 0. The van der Waals surface area contributed by atoms with Crippen molar-refractivity contribution in [2.45, 2.75) is 32.2 Å². The van der Waals surface area contributed by atoms with Crippen LogP contribution in [-0.2, 0) is 4.79 Å². The molecule has 1 amide bonds. The van der Waals surface area contributed by atoms with Crippen LogP contribution >= 0.6 is 11.6 Å². The summed E-state index contributed by atoms with van der Waals surface area (Å²) in [6.45, 7) is 3.74. The van der Waals surface area contributed by atoms with Crippen molar-refractivity contribution in [1.29, 1.82) is 0 Å². The smallest absolute Gasteiger partial charge is 0.223 e. The van der Waals surface area contributed by atoms with Crippen molar-refractivity contribution in [2.75, 3.05) is 18.0 Å². The maximum atomic E-state index is 12.7. The fourth-order valence-electron chi connectivity index (χ4n) is 3.23. The fourth-order valence-corrected chi connectivity index (χ4v) is 3.36. The van der Waals surface area contributed by atoms with Gasteiger partial charge in [-0.1, -0.05) is 30.7 Å². The Morgan fingerprint density at radius 3 is 2.60 bits per heavy atom. The van der Waals surface area contributed by atoms with Crippen molar-refractivity contribution in [3.05, 3.63) is 53.4 Å². The van der Waals surface area contributed by atoms with Crippen molar-refractivity contribution in [1.82, 2.24) is 15.3 Å². The third kappa shape index (κ3) is 4.48. The number of nitrogens with zero attached hydrogens (tertiary/aromatic N) is 3. The van der Waals surface area contributed by atoms with Crippen molar-refractivity contribution < 1.29 is 4.79 Å². The molecule has 5 nitrogen and oxygen atoms in total. The second-order valence-corrected chi connectivity index (χ2v) is 6.78. The van der Waals surface area contributed by atoms with Gasteiger partial charge in [-0.05, 0) is 37.0 Å². The maximum absolute atomic E-state index is 12.7. The number of carbonyl (C=O) groups excluding carboxylic acids is 1. The number of amides is 1. The van der Waals surface area contributed by atoms with Crippen molar-refractivity contribution >= 4 is 23.3 Å². The first-order valence-corrected chi connectivity index (χ1v) is 9.12. The van der Waals surface area contributed by atoms with Gasteiger partial charge in [0.2, 0.25) is 5.91 Å². The number of anilines is 1. The standard InChI is InChI=1S/C19H23ClN4O/c1-2-17(14-3-5-16(20)6-4-14)23-19(25)15-7-11-24(12-8-15)18-13-21-9-10-22-18/h3-6,9-10,13,15,17H,2,7-8,11-12H2,1H3,(H,23,25). The van der Waals surface area contributed by atoms with E-state index in [4.69, 9.17) is 11.6 Å². The number of nitrogens with one attached hydrogen (secondary N) is 1. The summed E-state index contributed by atoms with van der Waals surface area (Å²) in [5.41, 5.74) is 1.09. The molecule has 6 heteroatoms. The number of aromatic nitrogens is 2. The van der Waals surface area contributed by atoms with Gasteiger partial charge in [-0.2, -0.15) is 0 Å². The zero-order valence-corrected chi connectivity index (χ0v) is 15.1. The number of benzene rings is 1. The van der Waals surface area contributed by atoms with Crippen LogP contribution in [0.25, 0.3) is 0 Å². The average molecular weight is 359 g/mol. The Labute approximate surface area is 153 Å². The highest BCUT2D eigenvalue weighted by molar-refractivity contribution is 6.30. The molecule has 2 heterocycles. The normalized spacial score (nSPS) is 16.5. The van der Waals surface area contributed by atoms with Crippen molar-refractivity contribution in [3.63, 3.8) is 0 Å². The summed E-state index contributed by atoms with van der Waals surface area (Å²) >= 11 is 5.95. The Morgan fingerprint density at radius 1 is 1.28 bits per heavy atom. The van der Waals surface area contributed by atoms with Gasteiger partial charge in [0.25, 0.3) is 0 Å². The second kappa shape index (κ2) is 8.30. The van der Waals surface area contributed by atoms with Gasteiger partial charge in [-0.3, -0.25) is 9.78 Å². The molecule has 1 aromatic carbocycles. The lowest BCUT2D eigenvalue weighted by Crippen LogP contribution is -2.41. The third-order valence-corrected chi connectivity index (χ3v) is 4.99. The van der Waals surface area contributed by atoms with Crippen LogP contribution in [0.2, 0.25) is 5.02 Å². The Balaban J connectivity index is 1.56. The molecule has 2 aromatic rings. The molecule has 1 aliphatic heterocycles. The molecule has 1 aliphatic rings. The Morgan fingerprint density at radius 2 is 2.00 bits per heavy atom. The third-order valence-electron chi connectivity index (χ3n) is 4.74. The number of piperidine rings is 1. The van der Waals surface area contributed by atoms with E-state index < -0.39 is 0 Å². The SMILES string of the molecule is CCC(NC(=O)C1CCN(c2cnccn2)CC1)c1ccc(Cl)cc1. The average Bonchev–Trinajstić information content (AvgIpc) is 2.67. The van der Waals surface area contributed by atoms with E-state index in [1.807, 2.05) is 24.3 Å². The van der Waals surface area contributed by atoms with Gasteiger partial charge in [0, 0.05) is 36.4 Å². The summed E-state index contributed by atoms with van der Waals surface area (Å²) in [7, 11) is 0. The summed E-state index contributed by atoms with van der Waals surface area (Å²) in [5, 5.41) is 3.91. The summed E-state index contributed by atoms with van der Waals surface area (Å²) in [5.74, 6) is 1.07. The first-order valence-electron chi connectivity index (χ1n) is 8.74. The van der Waals surface area contributed by atoms with E-state index in [-0.39, 0.29) is 17.9 Å². The topological polar surface area (TPSA) is 58.1 Å². The summed E-state index contributed by atoms with van der Waals surface area (Å²) in [4.78, 5) is 23.3. The minimum atomic E-state index is 0.0304. The lowest BCUT2D eigenvalue weighted by atomic mass is 9.94. The van der Waals surface area contributed by atoms with Crippen LogP contribution in [-0.4, -0.2) is 29.0 Å². The monoisotopic (exact) mass is 358 g/mol. The van der Waals surface area contributed by atoms with E-state index in [2.05, 4.69) is 27.1 Å². The van der Waals surface area contributed by atoms with Crippen molar-refractivity contribution in [2.24, 2.45) is 5.92 Å². The molecule has 0 saturated carbocycles. The van der Waals surface area contributed by atoms with Gasteiger partial charge in [0.1, 0.15) is 5.82 Å². The number of rotatable bonds is 5. The highest BCUT2D eigenvalue weighted by atomic mass is 35.5. The summed E-state index contributed by atoms with van der Waals surface area (Å²) in [6, 6.07) is 7.72. The lowest BCUT2D eigenvalue weighted by molar-refractivity contribution is -0.126. The highest BCUT2D eigenvalue weighted by Gasteiger charge is 2.27. The van der Waals surface area contributed by atoms with Gasteiger partial charge in [0.15, 0.2) is 0 Å². The van der Waals surface area contributed by atoms with Gasteiger partial charge < -0.3 is 10.2 Å². The molecule has 1 unspecified atom stereocenters. The zero-order valence-electron chi connectivity index (χ0n) is 14.4. The second-order valence-electron chi connectivity index (χ2n) is 6.35. The molecule has 0 spiro atoms. The number of halogens is 1. The molecule has 1 aromatic heterocycles. The predicted molar refractivity (Wildman–Crippen MR) is 99.6 cm³/mol. The van der Waals surface area contributed by atoms with E-state index in [1.54, 1.807) is 18.6 Å². The van der Waals surface area contributed by atoms with Crippen LogP contribution in [0.5, 0.6) is 0 Å². The first kappa shape index (κ1) is 17.7. The van der Waals surface area contributed by atoms with Crippen LogP contribution in [0.4, 0.5) is 5.82 Å². The highest BCUT2D eigenvalue weighted by Crippen LogP contribution is 2.24. The molecule has 0 aliphatic carbocycles. The van der Waals surface area contributed by atoms with E-state index in [9.17, 15) is 4.79 Å². The molecular formula is C19H23ClN4O. The minimum absolute atomic E-state index is 0.0304. The molecule has 0 bridgehead atoms. The molecule has 25 heavy (non-hydrogen) atoms. The summed E-state index contributed by atoms with van der Waals surface area (Å²) in [6.07, 6.45) is 7.66. The molecule has 132 valence electrons. The number of hydrogen-bond donors (Lipinski definition) is 1. The van der Waals surface area contributed by atoms with Gasteiger partial charge in [0.05, 0.1) is 12.2 Å². The fraction of sp³-hybridized carbons (Fsp3) is 0.421. The largest absolute Gasteiger partial charge is 0.355 e.